The maximum Gasteiger partial charge on any atom is 0.211 e. The average Bonchev–Trinajstić information content (AvgIpc) is 2.83. The van der Waals surface area contributed by atoms with E-state index in [1.807, 2.05) is 0 Å². The minimum absolute atomic E-state index is 0. The first-order chi connectivity index (χ1) is 10.3. The van der Waals surface area contributed by atoms with Crippen molar-refractivity contribution in [2.24, 2.45) is 10.9 Å². The van der Waals surface area contributed by atoms with E-state index in [4.69, 9.17) is 0 Å². The Labute approximate surface area is 158 Å². The minimum Gasteiger partial charge on any atom is -0.355 e. The van der Waals surface area contributed by atoms with Crippen LogP contribution in [0.2, 0.25) is 0 Å². The van der Waals surface area contributed by atoms with Crippen LogP contribution in [0, 0.1) is 5.92 Å². The Morgan fingerprint density at radius 1 is 1.30 bits per heavy atom. The molecule has 1 aliphatic rings. The first-order valence-electron chi connectivity index (χ1n) is 7.97. The lowest BCUT2D eigenvalue weighted by molar-refractivity contribution is 0.265. The van der Waals surface area contributed by atoms with Crippen LogP contribution in [0.15, 0.2) is 4.99 Å². The lowest BCUT2D eigenvalue weighted by atomic mass is 10.1. The van der Waals surface area contributed by atoms with Crippen molar-refractivity contribution < 1.29 is 8.42 Å². The summed E-state index contributed by atoms with van der Waals surface area (Å²) in [5.41, 5.74) is 0. The van der Waals surface area contributed by atoms with Gasteiger partial charge in [-0.25, -0.2) is 13.1 Å². The van der Waals surface area contributed by atoms with Crippen molar-refractivity contribution >= 4 is 40.0 Å². The second-order valence-corrected chi connectivity index (χ2v) is 8.17. The first-order valence-corrected chi connectivity index (χ1v) is 9.62. The van der Waals surface area contributed by atoms with Crippen LogP contribution in [-0.4, -0.2) is 70.3 Å². The van der Waals surface area contributed by atoms with Gasteiger partial charge in [0.05, 0.1) is 5.75 Å². The maximum atomic E-state index is 11.3. The fourth-order valence-corrected chi connectivity index (χ4v) is 3.09. The summed E-state index contributed by atoms with van der Waals surface area (Å²) in [6, 6.07) is 0.911. The quantitative estimate of drug-likeness (QED) is 0.222. The first kappa shape index (κ1) is 22.9. The Morgan fingerprint density at radius 2 is 1.96 bits per heavy atom. The SMILES string of the molecule is CCS(=O)(=O)NCCNC(=NC)NC1CN(C(C)C)CC1C.I. The van der Waals surface area contributed by atoms with E-state index in [1.165, 1.54) is 0 Å². The summed E-state index contributed by atoms with van der Waals surface area (Å²) >= 11 is 0. The summed E-state index contributed by atoms with van der Waals surface area (Å²) in [6.45, 7) is 11.2. The van der Waals surface area contributed by atoms with Gasteiger partial charge in [-0.05, 0) is 26.7 Å². The highest BCUT2D eigenvalue weighted by Gasteiger charge is 2.31. The molecule has 2 atom stereocenters. The van der Waals surface area contributed by atoms with Crippen LogP contribution in [0.3, 0.4) is 0 Å². The predicted molar refractivity (Wildman–Crippen MR) is 107 cm³/mol. The fraction of sp³-hybridized carbons (Fsp3) is 0.929. The Kier molecular flexibility index (Phi) is 10.6. The smallest absolute Gasteiger partial charge is 0.211 e. The summed E-state index contributed by atoms with van der Waals surface area (Å²) < 4.78 is 25.2. The van der Waals surface area contributed by atoms with Crippen LogP contribution in [0.5, 0.6) is 0 Å². The molecule has 0 bridgehead atoms. The Bertz CT molecular complexity index is 470. The van der Waals surface area contributed by atoms with E-state index in [-0.39, 0.29) is 29.7 Å². The van der Waals surface area contributed by atoms with Crippen LogP contribution in [0.4, 0.5) is 0 Å². The molecule has 23 heavy (non-hydrogen) atoms. The summed E-state index contributed by atoms with van der Waals surface area (Å²) in [6.07, 6.45) is 0. The standard InChI is InChI=1S/C14H31N5O2S.HI/c1-6-22(20,21)17-8-7-16-14(15-5)18-13-10-19(11(2)3)9-12(13)4;/h11-13,17H,6-10H2,1-5H3,(H2,15,16,18);1H. The number of hydrogen-bond donors (Lipinski definition) is 3. The number of nitrogens with zero attached hydrogens (tertiary/aromatic N) is 2. The third kappa shape index (κ3) is 7.99. The fourth-order valence-electron chi connectivity index (χ4n) is 2.47. The third-order valence-electron chi connectivity index (χ3n) is 4.04. The van der Waals surface area contributed by atoms with Crippen molar-refractivity contribution in [3.05, 3.63) is 0 Å². The number of aliphatic imine (C=N–C) groups is 1. The predicted octanol–water partition coefficient (Wildman–Crippen LogP) is 0.437. The van der Waals surface area contributed by atoms with E-state index in [9.17, 15) is 8.42 Å². The molecule has 1 heterocycles. The molecule has 0 aromatic carbocycles. The van der Waals surface area contributed by atoms with E-state index < -0.39 is 10.0 Å². The molecule has 0 aliphatic carbocycles. The van der Waals surface area contributed by atoms with Gasteiger partial charge in [0, 0.05) is 45.3 Å². The minimum atomic E-state index is -3.13. The molecular formula is C14H32IN5O2S. The van der Waals surface area contributed by atoms with Gasteiger partial charge in [0.1, 0.15) is 0 Å². The molecular weight excluding hydrogens is 429 g/mol. The zero-order valence-electron chi connectivity index (χ0n) is 14.8. The van der Waals surface area contributed by atoms with Crippen molar-refractivity contribution in [3.8, 4) is 0 Å². The molecule has 9 heteroatoms. The van der Waals surface area contributed by atoms with Crippen molar-refractivity contribution in [2.75, 3.05) is 39.0 Å². The summed E-state index contributed by atoms with van der Waals surface area (Å²) in [7, 11) is -1.40. The molecule has 3 N–H and O–H groups in total. The Morgan fingerprint density at radius 3 is 2.43 bits per heavy atom. The van der Waals surface area contributed by atoms with Crippen LogP contribution < -0.4 is 15.4 Å². The Balaban J connectivity index is 0.00000484. The molecule has 138 valence electrons. The van der Waals surface area contributed by atoms with Gasteiger partial charge >= 0.3 is 0 Å². The van der Waals surface area contributed by atoms with Crippen molar-refractivity contribution in [2.45, 2.75) is 39.8 Å². The summed E-state index contributed by atoms with van der Waals surface area (Å²) in [5, 5.41) is 6.58. The highest BCUT2D eigenvalue weighted by molar-refractivity contribution is 14.0. The monoisotopic (exact) mass is 461 g/mol. The molecule has 1 rings (SSSR count). The van der Waals surface area contributed by atoms with Crippen LogP contribution in [0.25, 0.3) is 0 Å². The molecule has 1 saturated heterocycles. The average molecular weight is 461 g/mol. The second kappa shape index (κ2) is 10.7. The van der Waals surface area contributed by atoms with Crippen molar-refractivity contribution in [1.82, 2.24) is 20.3 Å². The molecule has 7 nitrogen and oxygen atoms in total. The number of halogens is 1. The van der Waals surface area contributed by atoms with Crippen molar-refractivity contribution in [3.63, 3.8) is 0 Å². The summed E-state index contributed by atoms with van der Waals surface area (Å²) in [4.78, 5) is 6.66. The number of sulfonamides is 1. The highest BCUT2D eigenvalue weighted by atomic mass is 127. The number of guanidine groups is 1. The van der Waals surface area contributed by atoms with E-state index in [1.54, 1.807) is 14.0 Å². The molecule has 2 unspecified atom stereocenters. The number of nitrogens with one attached hydrogen (secondary N) is 3. The zero-order valence-corrected chi connectivity index (χ0v) is 17.9. The van der Waals surface area contributed by atoms with Gasteiger partial charge in [-0.1, -0.05) is 6.92 Å². The number of likely N-dealkylation sites (tertiary alicyclic amines) is 1. The summed E-state index contributed by atoms with van der Waals surface area (Å²) in [5.74, 6) is 1.38. The second-order valence-electron chi connectivity index (χ2n) is 6.07. The molecule has 0 amide bonds. The van der Waals surface area contributed by atoms with Crippen LogP contribution in [0.1, 0.15) is 27.7 Å². The zero-order chi connectivity index (χ0) is 16.8. The third-order valence-corrected chi connectivity index (χ3v) is 5.44. The normalized spacial score (nSPS) is 23.0. The van der Waals surface area contributed by atoms with Gasteiger partial charge in [-0.2, -0.15) is 0 Å². The van der Waals surface area contributed by atoms with Crippen molar-refractivity contribution in [1.29, 1.82) is 0 Å². The molecule has 0 spiro atoms. The Hall–Kier alpha value is -0.130. The topological polar surface area (TPSA) is 85.8 Å². The highest BCUT2D eigenvalue weighted by Crippen LogP contribution is 2.18. The van der Waals surface area contributed by atoms with Gasteiger partial charge in [0.25, 0.3) is 0 Å². The number of hydrogen-bond acceptors (Lipinski definition) is 4. The largest absolute Gasteiger partial charge is 0.355 e. The van der Waals surface area contributed by atoms with Gasteiger partial charge in [-0.15, -0.1) is 24.0 Å². The van der Waals surface area contributed by atoms with E-state index in [2.05, 4.69) is 46.0 Å². The van der Waals surface area contributed by atoms with Crippen LogP contribution >= 0.6 is 24.0 Å². The lowest BCUT2D eigenvalue weighted by Crippen LogP contribution is -2.48. The van der Waals surface area contributed by atoms with Crippen LogP contribution in [-0.2, 0) is 10.0 Å². The molecule has 0 saturated carbocycles. The van der Waals surface area contributed by atoms with E-state index in [0.29, 0.717) is 31.1 Å². The molecule has 0 aromatic rings. The lowest BCUT2D eigenvalue weighted by Gasteiger charge is -2.22. The molecule has 0 aromatic heterocycles. The van der Waals surface area contributed by atoms with Gasteiger partial charge < -0.3 is 10.6 Å². The number of rotatable bonds is 7. The van der Waals surface area contributed by atoms with Gasteiger partial charge in [-0.3, -0.25) is 9.89 Å². The van der Waals surface area contributed by atoms with E-state index in [0.717, 1.165) is 19.0 Å². The molecule has 1 aliphatic heterocycles. The van der Waals surface area contributed by atoms with E-state index >= 15 is 0 Å². The maximum absolute atomic E-state index is 11.3. The van der Waals surface area contributed by atoms with Gasteiger partial charge in [0.15, 0.2) is 5.96 Å². The van der Waals surface area contributed by atoms with Gasteiger partial charge in [0.2, 0.25) is 10.0 Å². The molecule has 1 fully saturated rings. The molecule has 0 radical (unpaired) electrons.